The number of urea groups is 1. The number of benzene rings is 2. The number of rotatable bonds is 5. The van der Waals surface area contributed by atoms with E-state index in [4.69, 9.17) is 4.74 Å². The van der Waals surface area contributed by atoms with Gasteiger partial charge in [-0.1, -0.05) is 18.2 Å². The number of fused-ring (bicyclic) bond motifs is 1. The van der Waals surface area contributed by atoms with E-state index in [1.807, 2.05) is 38.1 Å². The minimum Gasteiger partial charge on any atom is -0.494 e. The zero-order valence-electron chi connectivity index (χ0n) is 15.0. The zero-order valence-corrected chi connectivity index (χ0v) is 15.0. The number of nitrogens with one attached hydrogen (secondary N) is 2. The van der Waals surface area contributed by atoms with Crippen LogP contribution in [0.4, 0.5) is 16.2 Å². The normalized spacial score (nSPS) is 15.3. The molecular formula is C20H23N3O3. The van der Waals surface area contributed by atoms with Crippen LogP contribution in [-0.4, -0.2) is 31.1 Å². The summed E-state index contributed by atoms with van der Waals surface area (Å²) < 4.78 is 5.41. The summed E-state index contributed by atoms with van der Waals surface area (Å²) in [4.78, 5) is 26.9. The van der Waals surface area contributed by atoms with Gasteiger partial charge in [-0.2, -0.15) is 0 Å². The van der Waals surface area contributed by atoms with E-state index in [0.717, 1.165) is 17.0 Å². The van der Waals surface area contributed by atoms with Gasteiger partial charge in [0.1, 0.15) is 11.8 Å². The van der Waals surface area contributed by atoms with Crippen molar-refractivity contribution in [3.63, 3.8) is 0 Å². The molecule has 3 amide bonds. The number of carbonyl (C=O) groups is 2. The van der Waals surface area contributed by atoms with Gasteiger partial charge in [-0.3, -0.25) is 9.69 Å². The molecule has 0 saturated heterocycles. The van der Waals surface area contributed by atoms with Gasteiger partial charge in [-0.05, 0) is 49.7 Å². The molecular weight excluding hydrogens is 330 g/mol. The van der Waals surface area contributed by atoms with Crippen molar-refractivity contribution in [1.29, 1.82) is 0 Å². The lowest BCUT2D eigenvalue weighted by molar-refractivity contribution is -0.122. The maximum Gasteiger partial charge on any atom is 0.327 e. The lowest BCUT2D eigenvalue weighted by Crippen LogP contribution is -2.49. The number of ether oxygens (including phenoxy) is 1. The zero-order chi connectivity index (χ0) is 18.5. The first kappa shape index (κ1) is 17.8. The molecule has 3 rings (SSSR count). The van der Waals surface area contributed by atoms with Gasteiger partial charge < -0.3 is 15.4 Å². The molecule has 0 saturated carbocycles. The molecule has 26 heavy (non-hydrogen) atoms. The monoisotopic (exact) mass is 353 g/mol. The molecule has 1 heterocycles. The third-order valence-electron chi connectivity index (χ3n) is 4.27. The Balaban J connectivity index is 1.81. The van der Waals surface area contributed by atoms with Crippen LogP contribution in [0.15, 0.2) is 48.5 Å². The fraction of sp³-hybridized carbons (Fsp3) is 0.300. The summed E-state index contributed by atoms with van der Waals surface area (Å²) in [7, 11) is 0. The number of anilines is 2. The third kappa shape index (κ3) is 3.64. The molecule has 1 aliphatic heterocycles. The topological polar surface area (TPSA) is 70.7 Å². The predicted octanol–water partition coefficient (Wildman–Crippen LogP) is 3.18. The molecule has 2 N–H and O–H groups in total. The minimum absolute atomic E-state index is 0.148. The first-order valence-electron chi connectivity index (χ1n) is 8.82. The Morgan fingerprint density at radius 2 is 1.85 bits per heavy atom. The Hall–Kier alpha value is -3.02. The highest BCUT2D eigenvalue weighted by atomic mass is 16.5. The van der Waals surface area contributed by atoms with E-state index in [1.54, 1.807) is 24.3 Å². The Morgan fingerprint density at radius 3 is 2.54 bits per heavy atom. The number of nitrogens with zero attached hydrogens (tertiary/aromatic N) is 1. The standard InChI is InChI=1S/C20H23N3O3/c1-3-21-19(24)18-13-14-7-5-6-8-17(14)23(18)20(25)22-15-9-11-16(12-10-15)26-4-2/h5-12,18H,3-4,13H2,1-2H3,(H,21,24)(H,22,25). The Labute approximate surface area is 153 Å². The molecule has 2 aromatic carbocycles. The van der Waals surface area contributed by atoms with Gasteiger partial charge in [0.2, 0.25) is 5.91 Å². The van der Waals surface area contributed by atoms with Crippen molar-refractivity contribution in [2.75, 3.05) is 23.4 Å². The summed E-state index contributed by atoms with van der Waals surface area (Å²) in [5.41, 5.74) is 2.41. The van der Waals surface area contributed by atoms with Gasteiger partial charge >= 0.3 is 6.03 Å². The van der Waals surface area contributed by atoms with E-state index in [0.29, 0.717) is 25.3 Å². The number of hydrogen-bond acceptors (Lipinski definition) is 3. The van der Waals surface area contributed by atoms with Crippen molar-refractivity contribution in [3.8, 4) is 5.75 Å². The maximum atomic E-state index is 12.9. The van der Waals surface area contributed by atoms with Gasteiger partial charge in [0.25, 0.3) is 0 Å². The van der Waals surface area contributed by atoms with E-state index in [-0.39, 0.29) is 11.9 Å². The molecule has 1 atom stereocenters. The average molecular weight is 353 g/mol. The molecule has 6 heteroatoms. The van der Waals surface area contributed by atoms with Crippen molar-refractivity contribution in [1.82, 2.24) is 5.32 Å². The molecule has 1 aliphatic rings. The number of amides is 3. The van der Waals surface area contributed by atoms with Gasteiger partial charge in [-0.25, -0.2) is 4.79 Å². The van der Waals surface area contributed by atoms with E-state index < -0.39 is 6.04 Å². The molecule has 136 valence electrons. The highest BCUT2D eigenvalue weighted by Crippen LogP contribution is 2.32. The largest absolute Gasteiger partial charge is 0.494 e. The second kappa shape index (κ2) is 7.91. The van der Waals surface area contributed by atoms with Gasteiger partial charge in [0.15, 0.2) is 0 Å². The first-order chi connectivity index (χ1) is 12.6. The summed E-state index contributed by atoms with van der Waals surface area (Å²) in [5, 5.41) is 5.69. The minimum atomic E-state index is -0.546. The molecule has 0 spiro atoms. The predicted molar refractivity (Wildman–Crippen MR) is 102 cm³/mol. The highest BCUT2D eigenvalue weighted by molar-refractivity contribution is 6.08. The van der Waals surface area contributed by atoms with Crippen molar-refractivity contribution < 1.29 is 14.3 Å². The molecule has 0 bridgehead atoms. The Morgan fingerprint density at radius 1 is 1.12 bits per heavy atom. The quantitative estimate of drug-likeness (QED) is 0.867. The van der Waals surface area contributed by atoms with Gasteiger partial charge in [0.05, 0.1) is 6.61 Å². The van der Waals surface area contributed by atoms with Crippen LogP contribution in [0.3, 0.4) is 0 Å². The second-order valence-electron chi connectivity index (χ2n) is 6.00. The third-order valence-corrected chi connectivity index (χ3v) is 4.27. The van der Waals surface area contributed by atoms with Crippen LogP contribution in [0.2, 0.25) is 0 Å². The van der Waals surface area contributed by atoms with E-state index in [2.05, 4.69) is 10.6 Å². The van der Waals surface area contributed by atoms with Gasteiger partial charge in [-0.15, -0.1) is 0 Å². The number of para-hydroxylation sites is 1. The highest BCUT2D eigenvalue weighted by Gasteiger charge is 2.38. The smallest absolute Gasteiger partial charge is 0.327 e. The van der Waals surface area contributed by atoms with Crippen LogP contribution < -0.4 is 20.3 Å². The number of hydrogen-bond donors (Lipinski definition) is 2. The van der Waals surface area contributed by atoms with Crippen molar-refractivity contribution in [2.45, 2.75) is 26.3 Å². The van der Waals surface area contributed by atoms with Crippen molar-refractivity contribution >= 4 is 23.3 Å². The summed E-state index contributed by atoms with van der Waals surface area (Å²) in [6, 6.07) is 13.9. The maximum absolute atomic E-state index is 12.9. The Kier molecular flexibility index (Phi) is 5.41. The van der Waals surface area contributed by atoms with Crippen molar-refractivity contribution in [2.24, 2.45) is 0 Å². The van der Waals surface area contributed by atoms with Crippen LogP contribution in [-0.2, 0) is 11.2 Å². The lowest BCUT2D eigenvalue weighted by Gasteiger charge is -2.25. The summed E-state index contributed by atoms with van der Waals surface area (Å²) in [6.07, 6.45) is 0.513. The summed E-state index contributed by atoms with van der Waals surface area (Å²) in [5.74, 6) is 0.600. The van der Waals surface area contributed by atoms with Crippen LogP contribution in [0.1, 0.15) is 19.4 Å². The van der Waals surface area contributed by atoms with Crippen molar-refractivity contribution in [3.05, 3.63) is 54.1 Å². The molecule has 0 aromatic heterocycles. The van der Waals surface area contributed by atoms with E-state index in [1.165, 1.54) is 4.90 Å². The molecule has 0 fully saturated rings. The summed E-state index contributed by atoms with van der Waals surface area (Å²) >= 11 is 0. The molecule has 6 nitrogen and oxygen atoms in total. The molecule has 1 unspecified atom stereocenters. The van der Waals surface area contributed by atoms with Crippen LogP contribution in [0.5, 0.6) is 5.75 Å². The molecule has 0 aliphatic carbocycles. The fourth-order valence-corrected chi connectivity index (χ4v) is 3.12. The van der Waals surface area contributed by atoms with Crippen LogP contribution in [0, 0.1) is 0 Å². The second-order valence-corrected chi connectivity index (χ2v) is 6.00. The number of carbonyl (C=O) groups excluding carboxylic acids is 2. The fourth-order valence-electron chi connectivity index (χ4n) is 3.12. The molecule has 0 radical (unpaired) electrons. The van der Waals surface area contributed by atoms with E-state index in [9.17, 15) is 9.59 Å². The average Bonchev–Trinajstić information content (AvgIpc) is 3.03. The lowest BCUT2D eigenvalue weighted by atomic mass is 10.1. The first-order valence-corrected chi connectivity index (χ1v) is 8.82. The van der Waals surface area contributed by atoms with Gasteiger partial charge in [0, 0.05) is 24.3 Å². The SMILES string of the molecule is CCNC(=O)C1Cc2ccccc2N1C(=O)Nc1ccc(OCC)cc1. The van der Waals surface area contributed by atoms with E-state index >= 15 is 0 Å². The summed E-state index contributed by atoms with van der Waals surface area (Å²) in [6.45, 7) is 4.90. The van der Waals surface area contributed by atoms with Crippen LogP contribution >= 0.6 is 0 Å². The number of likely N-dealkylation sites (N-methyl/N-ethyl adjacent to an activating group) is 1. The Bertz CT molecular complexity index is 789. The van der Waals surface area contributed by atoms with Crippen LogP contribution in [0.25, 0.3) is 0 Å². The molecule has 2 aromatic rings.